The fourth-order valence-electron chi connectivity index (χ4n) is 2.78. The van der Waals surface area contributed by atoms with E-state index in [9.17, 15) is 0 Å². The predicted octanol–water partition coefficient (Wildman–Crippen LogP) is 4.33. The van der Waals surface area contributed by atoms with Crippen LogP contribution in [0.1, 0.15) is 61.3 Å². The average molecular weight is 378 g/mol. The van der Waals surface area contributed by atoms with Crippen LogP contribution in [0.25, 0.3) is 0 Å². The van der Waals surface area contributed by atoms with Gasteiger partial charge in [-0.15, -0.1) is 0 Å². The van der Waals surface area contributed by atoms with Crippen molar-refractivity contribution in [3.05, 3.63) is 0 Å². The second kappa shape index (κ2) is 11.8. The summed E-state index contributed by atoms with van der Waals surface area (Å²) in [6.45, 7) is 23.6. The lowest BCUT2D eigenvalue weighted by Gasteiger charge is -2.35. The van der Waals surface area contributed by atoms with Gasteiger partial charge in [0.25, 0.3) is 0 Å². The Morgan fingerprint density at radius 2 is 1.54 bits per heavy atom. The van der Waals surface area contributed by atoms with Gasteiger partial charge in [-0.05, 0) is 67.5 Å². The molecule has 0 radical (unpaired) electrons. The van der Waals surface area contributed by atoms with Crippen molar-refractivity contribution in [2.45, 2.75) is 91.7 Å². The highest BCUT2D eigenvalue weighted by Gasteiger charge is 2.42. The molecule has 1 unspecified atom stereocenters. The van der Waals surface area contributed by atoms with Gasteiger partial charge in [-0.2, -0.15) is 0 Å². The third-order valence-corrected chi connectivity index (χ3v) is 9.96. The van der Waals surface area contributed by atoms with E-state index in [-0.39, 0.29) is 5.54 Å². The Morgan fingerprint density at radius 3 is 1.92 bits per heavy atom. The molecule has 0 amide bonds. The molecule has 4 nitrogen and oxygen atoms in total. The van der Waals surface area contributed by atoms with E-state index in [4.69, 9.17) is 13.3 Å². The monoisotopic (exact) mass is 377 g/mol. The molecule has 0 aliphatic rings. The maximum Gasteiger partial charge on any atom is 0.500 e. The second-order valence-electron chi connectivity index (χ2n) is 7.82. The van der Waals surface area contributed by atoms with Crippen LogP contribution < -0.4 is 0 Å². The zero-order valence-corrected chi connectivity index (χ0v) is 19.9. The molecule has 0 heterocycles. The number of nitrogens with zero attached hydrogens (tertiary/aromatic N) is 1. The van der Waals surface area contributed by atoms with E-state index >= 15 is 0 Å². The summed E-state index contributed by atoms with van der Waals surface area (Å²) in [6.07, 6.45) is 2.27. The van der Waals surface area contributed by atoms with Crippen LogP contribution in [0.3, 0.4) is 0 Å². The van der Waals surface area contributed by atoms with Crippen LogP contribution in [0.15, 0.2) is 0 Å². The van der Waals surface area contributed by atoms with Gasteiger partial charge >= 0.3 is 8.80 Å². The Kier molecular flexibility index (Phi) is 11.9. The van der Waals surface area contributed by atoms with E-state index in [0.717, 1.165) is 32.0 Å². The van der Waals surface area contributed by atoms with Gasteiger partial charge in [0.2, 0.25) is 0 Å². The zero-order valence-electron chi connectivity index (χ0n) is 17.8. The smallest absolute Gasteiger partial charge is 0.374 e. The summed E-state index contributed by atoms with van der Waals surface area (Å²) >= 11 is 0. The summed E-state index contributed by atoms with van der Waals surface area (Å²) in [5, 5.41) is 0. The maximum atomic E-state index is 6.42. The van der Waals surface area contributed by atoms with Crippen LogP contribution >= 0.6 is 0 Å². The molecule has 0 saturated carbocycles. The van der Waals surface area contributed by atoms with Crippen molar-refractivity contribution in [2.24, 2.45) is 0 Å². The third kappa shape index (κ3) is 9.10. The molecule has 0 saturated heterocycles. The SMILES string of the molecule is CCO[Si](CCCCN(CC)C(C)(C)C)(OCC)OC(C)[SiH](C)C. The fourth-order valence-corrected chi connectivity index (χ4v) is 7.25. The standard InChI is InChI=1S/C18H43NO3Si2/c1-10-19(18(5,6)7)15-13-14-16-24(20-11-2,21-12-3)22-17(4)23(8)9/h17,23H,10-16H2,1-9H3. The van der Waals surface area contributed by atoms with Gasteiger partial charge in [0.15, 0.2) is 0 Å². The summed E-state index contributed by atoms with van der Waals surface area (Å²) in [6, 6.07) is 0.932. The quantitative estimate of drug-likeness (QED) is 0.353. The van der Waals surface area contributed by atoms with E-state index in [2.05, 4.69) is 52.6 Å². The Morgan fingerprint density at radius 1 is 1.00 bits per heavy atom. The number of rotatable bonds is 13. The summed E-state index contributed by atoms with van der Waals surface area (Å²) in [4.78, 5) is 2.53. The Balaban J connectivity index is 4.70. The third-order valence-electron chi connectivity index (χ3n) is 4.52. The Labute approximate surface area is 154 Å². The first-order valence-electron chi connectivity index (χ1n) is 9.82. The van der Waals surface area contributed by atoms with E-state index in [1.165, 1.54) is 0 Å². The minimum absolute atomic E-state index is 0.233. The lowest BCUT2D eigenvalue weighted by molar-refractivity contribution is 0.0579. The van der Waals surface area contributed by atoms with Gasteiger partial charge in [-0.25, -0.2) is 0 Å². The first-order chi connectivity index (χ1) is 11.1. The number of hydrogen-bond acceptors (Lipinski definition) is 4. The van der Waals surface area contributed by atoms with Gasteiger partial charge in [-0.3, -0.25) is 4.90 Å². The molecule has 0 N–H and O–H groups in total. The highest BCUT2D eigenvalue weighted by Crippen LogP contribution is 2.23. The van der Waals surface area contributed by atoms with Crippen LogP contribution in [-0.4, -0.2) is 60.1 Å². The molecule has 0 bridgehead atoms. The van der Waals surface area contributed by atoms with Crippen LogP contribution in [0.4, 0.5) is 0 Å². The van der Waals surface area contributed by atoms with Crippen molar-refractivity contribution in [3.8, 4) is 0 Å². The molecule has 0 aromatic heterocycles. The van der Waals surface area contributed by atoms with Crippen molar-refractivity contribution in [3.63, 3.8) is 0 Å². The molecule has 6 heteroatoms. The zero-order chi connectivity index (χ0) is 18.8. The van der Waals surface area contributed by atoms with E-state index < -0.39 is 17.6 Å². The average Bonchev–Trinajstić information content (AvgIpc) is 2.46. The summed E-state index contributed by atoms with van der Waals surface area (Å²) in [7, 11) is -3.39. The van der Waals surface area contributed by atoms with Crippen LogP contribution in [0.2, 0.25) is 19.1 Å². The van der Waals surface area contributed by atoms with Crippen molar-refractivity contribution in [1.29, 1.82) is 0 Å². The first kappa shape index (κ1) is 24.3. The maximum absolute atomic E-state index is 6.42. The molecule has 1 atom stereocenters. The Hall–Kier alpha value is 0.274. The lowest BCUT2D eigenvalue weighted by atomic mass is 10.1. The molecule has 24 heavy (non-hydrogen) atoms. The van der Waals surface area contributed by atoms with E-state index in [0.29, 0.717) is 18.9 Å². The van der Waals surface area contributed by atoms with Crippen LogP contribution in [0, 0.1) is 0 Å². The van der Waals surface area contributed by atoms with Gasteiger partial charge in [-0.1, -0.05) is 20.0 Å². The van der Waals surface area contributed by atoms with Gasteiger partial charge in [0.1, 0.15) is 0 Å². The van der Waals surface area contributed by atoms with Crippen LogP contribution in [-0.2, 0) is 13.3 Å². The van der Waals surface area contributed by atoms with Gasteiger partial charge in [0, 0.05) is 30.5 Å². The predicted molar refractivity (Wildman–Crippen MR) is 109 cm³/mol. The van der Waals surface area contributed by atoms with Gasteiger partial charge in [0.05, 0.1) is 8.80 Å². The summed E-state index contributed by atoms with van der Waals surface area (Å²) in [5.74, 6) is 0. The first-order valence-corrected chi connectivity index (χ1v) is 14.7. The molecule has 0 aliphatic heterocycles. The Bertz CT molecular complexity index is 316. The summed E-state index contributed by atoms with van der Waals surface area (Å²) in [5.41, 5.74) is 0.536. The van der Waals surface area contributed by atoms with Crippen molar-refractivity contribution >= 4 is 17.6 Å². The summed E-state index contributed by atoms with van der Waals surface area (Å²) < 4.78 is 18.6. The van der Waals surface area contributed by atoms with E-state index in [1.54, 1.807) is 0 Å². The second-order valence-corrected chi connectivity index (χ2v) is 13.9. The molecule has 146 valence electrons. The molecule has 0 aromatic carbocycles. The molecular formula is C18H43NO3Si2. The minimum atomic E-state index is -2.53. The lowest BCUT2D eigenvalue weighted by Crippen LogP contribution is -2.50. The van der Waals surface area contributed by atoms with E-state index in [1.807, 2.05) is 13.8 Å². The highest BCUT2D eigenvalue weighted by atomic mass is 28.4. The van der Waals surface area contributed by atoms with Crippen LogP contribution in [0.5, 0.6) is 0 Å². The van der Waals surface area contributed by atoms with Crippen molar-refractivity contribution in [2.75, 3.05) is 26.3 Å². The van der Waals surface area contributed by atoms with Gasteiger partial charge < -0.3 is 13.3 Å². The van der Waals surface area contributed by atoms with Crippen molar-refractivity contribution < 1.29 is 13.3 Å². The molecular weight excluding hydrogens is 334 g/mol. The largest absolute Gasteiger partial charge is 0.500 e. The molecule has 0 spiro atoms. The fraction of sp³-hybridized carbons (Fsp3) is 1.00. The molecule has 0 aromatic rings. The molecule has 0 aliphatic carbocycles. The van der Waals surface area contributed by atoms with Crippen molar-refractivity contribution in [1.82, 2.24) is 4.90 Å². The topological polar surface area (TPSA) is 30.9 Å². The molecule has 0 rings (SSSR count). The highest BCUT2D eigenvalue weighted by molar-refractivity contribution is 6.63. The minimum Gasteiger partial charge on any atom is -0.374 e. The normalized spacial score (nSPS) is 14.6. The number of unbranched alkanes of at least 4 members (excludes halogenated alkanes) is 1. The number of hydrogen-bond donors (Lipinski definition) is 0. The molecule has 0 fully saturated rings.